The highest BCUT2D eigenvalue weighted by Crippen LogP contribution is 2.24. The maximum absolute atomic E-state index is 6.05. The van der Waals surface area contributed by atoms with Gasteiger partial charge >= 0.3 is 0 Å². The van der Waals surface area contributed by atoms with Crippen molar-refractivity contribution in [3.8, 4) is 0 Å². The molecule has 0 fully saturated rings. The van der Waals surface area contributed by atoms with Crippen LogP contribution >= 0.6 is 23.2 Å². The molecular weight excluding hydrogens is 231 g/mol. The second-order valence-corrected chi connectivity index (χ2v) is 4.03. The smallest absolute Gasteiger partial charge is 0.0799 e. The number of hydrogen-bond acceptors (Lipinski definition) is 2. The van der Waals surface area contributed by atoms with E-state index in [-0.39, 0.29) is 6.04 Å². The van der Waals surface area contributed by atoms with Crippen molar-refractivity contribution in [1.82, 2.24) is 10.3 Å². The molecule has 2 nitrogen and oxygen atoms in total. The largest absolute Gasteiger partial charge is 0.305 e. The first-order chi connectivity index (χ1) is 7.19. The number of rotatable bonds is 5. The third-order valence-electron chi connectivity index (χ3n) is 1.98. The monoisotopic (exact) mass is 244 g/mol. The van der Waals surface area contributed by atoms with E-state index in [4.69, 9.17) is 23.2 Å². The lowest BCUT2D eigenvalue weighted by Gasteiger charge is -2.14. The van der Waals surface area contributed by atoms with Crippen molar-refractivity contribution in [2.75, 3.05) is 6.54 Å². The van der Waals surface area contributed by atoms with Crippen LogP contribution in [0.4, 0.5) is 0 Å². The number of halogens is 2. The molecule has 1 aromatic heterocycles. The Labute approximate surface area is 100 Å². The van der Waals surface area contributed by atoms with Crippen LogP contribution in [0.25, 0.3) is 0 Å². The van der Waals surface area contributed by atoms with Gasteiger partial charge in [0.1, 0.15) is 0 Å². The molecule has 1 aromatic rings. The molecule has 0 saturated heterocycles. The summed E-state index contributed by atoms with van der Waals surface area (Å²) in [5, 5.41) is 4.40. The summed E-state index contributed by atoms with van der Waals surface area (Å²) in [6, 6.07) is 1.67. The number of nitrogens with zero attached hydrogens (tertiary/aromatic N) is 1. The van der Waals surface area contributed by atoms with Crippen LogP contribution in [0.15, 0.2) is 24.9 Å². The topological polar surface area (TPSA) is 24.9 Å². The van der Waals surface area contributed by atoms with Crippen LogP contribution in [-0.4, -0.2) is 11.5 Å². The fraction of sp³-hybridized carbons (Fsp3) is 0.364. The predicted molar refractivity (Wildman–Crippen MR) is 65.5 cm³/mol. The summed E-state index contributed by atoms with van der Waals surface area (Å²) in [5.41, 5.74) is 0.768. The van der Waals surface area contributed by atoms with Gasteiger partial charge in [0.05, 0.1) is 21.8 Å². The third-order valence-corrected chi connectivity index (χ3v) is 2.49. The summed E-state index contributed by atoms with van der Waals surface area (Å²) in [5.74, 6) is 0. The van der Waals surface area contributed by atoms with Crippen molar-refractivity contribution in [3.05, 3.63) is 40.7 Å². The molecule has 1 rings (SSSR count). The maximum atomic E-state index is 6.05. The van der Waals surface area contributed by atoms with Crippen LogP contribution in [0.5, 0.6) is 0 Å². The summed E-state index contributed by atoms with van der Waals surface area (Å²) in [6.07, 6.45) is 4.43. The van der Waals surface area contributed by atoms with Crippen LogP contribution in [0.3, 0.4) is 0 Å². The van der Waals surface area contributed by atoms with Crippen LogP contribution < -0.4 is 5.32 Å². The minimum Gasteiger partial charge on any atom is -0.305 e. The highest BCUT2D eigenvalue weighted by Gasteiger charge is 2.12. The second-order valence-electron chi connectivity index (χ2n) is 3.19. The van der Waals surface area contributed by atoms with Gasteiger partial charge in [0.2, 0.25) is 0 Å². The molecule has 4 heteroatoms. The zero-order valence-electron chi connectivity index (χ0n) is 8.63. The van der Waals surface area contributed by atoms with Gasteiger partial charge in [0.15, 0.2) is 0 Å². The van der Waals surface area contributed by atoms with Crippen molar-refractivity contribution in [2.45, 2.75) is 19.4 Å². The quantitative estimate of drug-likeness (QED) is 0.801. The van der Waals surface area contributed by atoms with E-state index in [1.165, 1.54) is 0 Å². The molecule has 0 aliphatic rings. The van der Waals surface area contributed by atoms with Gasteiger partial charge in [0.25, 0.3) is 0 Å². The maximum Gasteiger partial charge on any atom is 0.0799 e. The number of pyridine rings is 1. The fourth-order valence-corrected chi connectivity index (χ4v) is 1.74. The Kier molecular flexibility index (Phi) is 5.09. The van der Waals surface area contributed by atoms with E-state index in [2.05, 4.69) is 23.8 Å². The Morgan fingerprint density at radius 1 is 1.60 bits per heavy atom. The van der Waals surface area contributed by atoms with Crippen LogP contribution in [-0.2, 0) is 0 Å². The molecule has 1 atom stereocenters. The van der Waals surface area contributed by atoms with Crippen molar-refractivity contribution in [3.63, 3.8) is 0 Å². The molecule has 82 valence electrons. The molecule has 0 aliphatic heterocycles. The van der Waals surface area contributed by atoms with Crippen LogP contribution in [0.2, 0.25) is 10.0 Å². The normalized spacial score (nSPS) is 12.5. The number of aromatic nitrogens is 1. The lowest BCUT2D eigenvalue weighted by atomic mass is 10.2. The molecule has 0 radical (unpaired) electrons. The van der Waals surface area contributed by atoms with Crippen LogP contribution in [0, 0.1) is 0 Å². The minimum absolute atomic E-state index is 0.0188. The molecule has 1 unspecified atom stereocenters. The standard InChI is InChI=1S/C11H14Cl2N2/c1-3-5-14-10(4-2)11-9(13)6-8(12)7-15-11/h4,6-7,10,14H,2-3,5H2,1H3. The number of nitrogens with one attached hydrogen (secondary N) is 1. The Morgan fingerprint density at radius 3 is 2.87 bits per heavy atom. The van der Waals surface area contributed by atoms with Crippen molar-refractivity contribution >= 4 is 23.2 Å². The van der Waals surface area contributed by atoms with Gasteiger partial charge < -0.3 is 5.32 Å². The van der Waals surface area contributed by atoms with Crippen molar-refractivity contribution < 1.29 is 0 Å². The van der Waals surface area contributed by atoms with E-state index in [0.29, 0.717) is 10.0 Å². The van der Waals surface area contributed by atoms with Crippen molar-refractivity contribution in [1.29, 1.82) is 0 Å². The summed E-state index contributed by atoms with van der Waals surface area (Å²) in [7, 11) is 0. The van der Waals surface area contributed by atoms with E-state index in [1.54, 1.807) is 18.3 Å². The van der Waals surface area contributed by atoms with Gasteiger partial charge in [-0.2, -0.15) is 0 Å². The first kappa shape index (κ1) is 12.5. The van der Waals surface area contributed by atoms with Gasteiger partial charge in [0, 0.05) is 6.20 Å². The lowest BCUT2D eigenvalue weighted by Crippen LogP contribution is -2.21. The van der Waals surface area contributed by atoms with Gasteiger partial charge in [-0.05, 0) is 19.0 Å². The van der Waals surface area contributed by atoms with Gasteiger partial charge in [-0.3, -0.25) is 4.98 Å². The summed E-state index contributed by atoms with van der Waals surface area (Å²) >= 11 is 11.8. The number of hydrogen-bond donors (Lipinski definition) is 1. The minimum atomic E-state index is -0.0188. The van der Waals surface area contributed by atoms with E-state index < -0.39 is 0 Å². The molecule has 0 aliphatic carbocycles. The lowest BCUT2D eigenvalue weighted by molar-refractivity contribution is 0.601. The predicted octanol–water partition coefficient (Wildman–Crippen LogP) is 3.62. The molecule has 15 heavy (non-hydrogen) atoms. The van der Waals surface area contributed by atoms with E-state index in [0.717, 1.165) is 18.7 Å². The highest BCUT2D eigenvalue weighted by atomic mass is 35.5. The zero-order chi connectivity index (χ0) is 11.3. The van der Waals surface area contributed by atoms with Gasteiger partial charge in [-0.15, -0.1) is 6.58 Å². The third kappa shape index (κ3) is 3.49. The Bertz CT molecular complexity index is 339. The first-order valence-corrected chi connectivity index (χ1v) is 5.61. The van der Waals surface area contributed by atoms with E-state index >= 15 is 0 Å². The Hall–Kier alpha value is -0.570. The molecule has 1 heterocycles. The van der Waals surface area contributed by atoms with Gasteiger partial charge in [-0.1, -0.05) is 36.2 Å². The Morgan fingerprint density at radius 2 is 2.33 bits per heavy atom. The summed E-state index contributed by atoms with van der Waals surface area (Å²) < 4.78 is 0. The zero-order valence-corrected chi connectivity index (χ0v) is 10.1. The first-order valence-electron chi connectivity index (χ1n) is 4.86. The second kappa shape index (κ2) is 6.11. The summed E-state index contributed by atoms with van der Waals surface area (Å²) in [6.45, 7) is 6.76. The highest BCUT2D eigenvalue weighted by molar-refractivity contribution is 6.34. The van der Waals surface area contributed by atoms with Crippen molar-refractivity contribution in [2.24, 2.45) is 0 Å². The average molecular weight is 245 g/mol. The SMILES string of the molecule is C=CC(NCCC)c1ncc(Cl)cc1Cl. The molecule has 1 N–H and O–H groups in total. The molecular formula is C11H14Cl2N2. The summed E-state index contributed by atoms with van der Waals surface area (Å²) in [4.78, 5) is 4.20. The van der Waals surface area contributed by atoms with Gasteiger partial charge in [-0.25, -0.2) is 0 Å². The molecule has 0 spiro atoms. The molecule has 0 bridgehead atoms. The van der Waals surface area contributed by atoms with E-state index in [9.17, 15) is 0 Å². The molecule has 0 amide bonds. The fourth-order valence-electron chi connectivity index (χ4n) is 1.25. The van der Waals surface area contributed by atoms with E-state index in [1.807, 2.05) is 0 Å². The Balaban J connectivity index is 2.86. The average Bonchev–Trinajstić information content (AvgIpc) is 2.21. The molecule has 0 aromatic carbocycles. The molecule has 0 saturated carbocycles. The van der Waals surface area contributed by atoms with Crippen LogP contribution in [0.1, 0.15) is 25.1 Å².